The Balaban J connectivity index is 1.000. The summed E-state index contributed by atoms with van der Waals surface area (Å²) in [6.45, 7) is 0. The molecule has 61 heavy (non-hydrogen) atoms. The average molecular weight is 782 g/mol. The van der Waals surface area contributed by atoms with Gasteiger partial charge in [0.15, 0.2) is 17.5 Å². The van der Waals surface area contributed by atoms with E-state index in [-0.39, 0.29) is 6.04 Å². The first-order chi connectivity index (χ1) is 30.2. The van der Waals surface area contributed by atoms with Crippen LogP contribution in [0, 0.1) is 0 Å². The fourth-order valence-corrected chi connectivity index (χ4v) is 8.52. The van der Waals surface area contributed by atoms with Gasteiger partial charge in [0.1, 0.15) is 0 Å². The van der Waals surface area contributed by atoms with E-state index < -0.39 is 0 Å². The molecule has 0 saturated heterocycles. The van der Waals surface area contributed by atoms with Gasteiger partial charge in [-0.3, -0.25) is 5.01 Å². The number of nitrogens with zero attached hydrogens (tertiary/aromatic N) is 4. The maximum atomic E-state index is 5.08. The van der Waals surface area contributed by atoms with Crippen molar-refractivity contribution in [2.24, 2.45) is 0 Å². The van der Waals surface area contributed by atoms with Crippen LogP contribution in [0.25, 0.3) is 79.5 Å². The Bertz CT molecular complexity index is 3070. The minimum atomic E-state index is -0.0324. The maximum Gasteiger partial charge on any atom is 0.164 e. The quantitative estimate of drug-likeness (QED) is 0.166. The summed E-state index contributed by atoms with van der Waals surface area (Å²) in [5.41, 5.74) is 20.7. The Kier molecular flexibility index (Phi) is 9.26. The summed E-state index contributed by atoms with van der Waals surface area (Å²) in [7, 11) is 0. The Morgan fingerprint density at radius 3 is 1.44 bits per heavy atom. The first kappa shape index (κ1) is 36.1. The van der Waals surface area contributed by atoms with Crippen LogP contribution in [0.2, 0.25) is 0 Å². The monoisotopic (exact) mass is 781 g/mol. The molecule has 1 unspecified atom stereocenters. The lowest BCUT2D eigenvalue weighted by Crippen LogP contribution is -2.33. The van der Waals surface area contributed by atoms with Crippen molar-refractivity contribution in [1.29, 1.82) is 0 Å². The average Bonchev–Trinajstić information content (AvgIpc) is 3.76. The normalized spacial score (nSPS) is 14.3. The lowest BCUT2D eigenvalue weighted by molar-refractivity contribution is 0.405. The lowest BCUT2D eigenvalue weighted by Gasteiger charge is -2.31. The summed E-state index contributed by atoms with van der Waals surface area (Å²) in [5, 5.41) is 2.30. The van der Waals surface area contributed by atoms with Crippen molar-refractivity contribution in [2.45, 2.75) is 6.04 Å². The number of rotatable bonds is 8. The number of nitrogens with one attached hydrogen (secondary N) is 1. The van der Waals surface area contributed by atoms with Crippen LogP contribution in [0.15, 0.2) is 218 Å². The topological polar surface area (TPSA) is 53.9 Å². The van der Waals surface area contributed by atoms with Gasteiger partial charge in [0.25, 0.3) is 0 Å². The summed E-state index contributed by atoms with van der Waals surface area (Å²) < 4.78 is 0. The molecule has 2 aliphatic heterocycles. The standard InChI is InChI=1S/C56H39N5/c1-6-17-38(18-7-1)45-27-16-28-47(35-45)56-58-54(43-25-14-5-15-26-43)57-55(59-56)44-31-29-39(30-32-44)46-33-34-49-48(36-46)37-50(40-19-8-2-9-20-40)61-53(49)51(41-21-10-3-11-22-41)52(60-61)42-23-12-4-13-24-42/h1-37,52,60H. The maximum absolute atomic E-state index is 5.08. The van der Waals surface area contributed by atoms with Crippen LogP contribution in [0.4, 0.5) is 0 Å². The lowest BCUT2D eigenvalue weighted by atomic mass is 9.87. The Labute approximate surface area is 355 Å². The zero-order valence-electron chi connectivity index (χ0n) is 33.2. The molecule has 0 spiro atoms. The SMILES string of the molecule is C1=C(c2ccccc2)N2NC(c3ccccc3)C(c3ccccc3)=C2c2ccc(-c3ccc(-c4nc(-c5ccccc5)nc(-c5cccc(-c6ccccc6)c5)n4)cc3)cc21. The Morgan fingerprint density at radius 2 is 0.803 bits per heavy atom. The van der Waals surface area contributed by atoms with Crippen LogP contribution in [0.3, 0.4) is 0 Å². The summed E-state index contributed by atoms with van der Waals surface area (Å²) in [6.07, 6.45) is 2.32. The highest BCUT2D eigenvalue weighted by Crippen LogP contribution is 2.50. The van der Waals surface area contributed by atoms with Crippen molar-refractivity contribution >= 4 is 23.0 Å². The van der Waals surface area contributed by atoms with Gasteiger partial charge in [0.05, 0.1) is 17.4 Å². The smallest absolute Gasteiger partial charge is 0.164 e. The number of hydrazine groups is 1. The fraction of sp³-hybridized carbons (Fsp3) is 0.0179. The van der Waals surface area contributed by atoms with E-state index >= 15 is 0 Å². The summed E-state index contributed by atoms with van der Waals surface area (Å²) in [4.78, 5) is 15.1. The van der Waals surface area contributed by atoms with Gasteiger partial charge in [-0.15, -0.1) is 0 Å². The van der Waals surface area contributed by atoms with E-state index in [9.17, 15) is 0 Å². The van der Waals surface area contributed by atoms with Gasteiger partial charge in [0.2, 0.25) is 0 Å². The third kappa shape index (κ3) is 6.93. The van der Waals surface area contributed by atoms with Gasteiger partial charge in [-0.05, 0) is 62.7 Å². The molecule has 9 aromatic rings. The Hall–Kier alpha value is -7.99. The van der Waals surface area contributed by atoms with Crippen molar-refractivity contribution in [1.82, 2.24) is 25.4 Å². The molecule has 11 rings (SSSR count). The van der Waals surface area contributed by atoms with E-state index in [1.165, 1.54) is 33.5 Å². The van der Waals surface area contributed by atoms with E-state index in [0.717, 1.165) is 50.2 Å². The third-order valence-corrected chi connectivity index (χ3v) is 11.5. The third-order valence-electron chi connectivity index (χ3n) is 11.5. The molecule has 8 aromatic carbocycles. The van der Waals surface area contributed by atoms with Crippen molar-refractivity contribution in [3.63, 3.8) is 0 Å². The minimum absolute atomic E-state index is 0.0324. The highest BCUT2D eigenvalue weighted by atomic mass is 15.6. The molecule has 0 bridgehead atoms. The van der Waals surface area contributed by atoms with E-state index in [0.29, 0.717) is 17.5 Å². The summed E-state index contributed by atoms with van der Waals surface area (Å²) in [6, 6.07) is 76.5. The highest BCUT2D eigenvalue weighted by Gasteiger charge is 2.38. The van der Waals surface area contributed by atoms with Gasteiger partial charge in [0, 0.05) is 27.8 Å². The van der Waals surface area contributed by atoms with Gasteiger partial charge >= 0.3 is 0 Å². The molecule has 1 aromatic heterocycles. The zero-order chi connectivity index (χ0) is 40.5. The first-order valence-corrected chi connectivity index (χ1v) is 20.6. The molecule has 5 heteroatoms. The molecule has 1 atom stereocenters. The molecule has 0 fully saturated rings. The predicted octanol–water partition coefficient (Wildman–Crippen LogP) is 13.1. The van der Waals surface area contributed by atoms with Gasteiger partial charge in [-0.25, -0.2) is 20.4 Å². The number of benzene rings is 8. The molecule has 3 heterocycles. The molecule has 0 radical (unpaired) electrons. The zero-order valence-corrected chi connectivity index (χ0v) is 33.2. The number of fused-ring (bicyclic) bond motifs is 3. The van der Waals surface area contributed by atoms with Crippen LogP contribution in [-0.4, -0.2) is 20.0 Å². The summed E-state index contributed by atoms with van der Waals surface area (Å²) >= 11 is 0. The molecular weight excluding hydrogens is 743 g/mol. The number of hydrogen-bond acceptors (Lipinski definition) is 5. The fourth-order valence-electron chi connectivity index (χ4n) is 8.52. The molecule has 288 valence electrons. The van der Waals surface area contributed by atoms with E-state index in [1.54, 1.807) is 0 Å². The van der Waals surface area contributed by atoms with E-state index in [2.05, 4.69) is 199 Å². The van der Waals surface area contributed by atoms with E-state index in [1.807, 2.05) is 36.4 Å². The number of aromatic nitrogens is 3. The van der Waals surface area contributed by atoms with E-state index in [4.69, 9.17) is 15.0 Å². The molecular formula is C56H39N5. The van der Waals surface area contributed by atoms with Gasteiger partial charge in [-0.1, -0.05) is 206 Å². The second-order valence-corrected chi connectivity index (χ2v) is 15.3. The molecule has 1 N–H and O–H groups in total. The van der Waals surface area contributed by atoms with Crippen molar-refractivity contribution < 1.29 is 0 Å². The number of hydrogen-bond donors (Lipinski definition) is 1. The second kappa shape index (κ2) is 15.6. The van der Waals surface area contributed by atoms with Gasteiger partial charge < -0.3 is 0 Å². The second-order valence-electron chi connectivity index (χ2n) is 15.3. The van der Waals surface area contributed by atoms with Crippen molar-refractivity contribution in [3.8, 4) is 56.4 Å². The van der Waals surface area contributed by atoms with Gasteiger partial charge in [-0.2, -0.15) is 0 Å². The molecule has 0 saturated carbocycles. The molecule has 2 aliphatic rings. The molecule has 5 nitrogen and oxygen atoms in total. The predicted molar refractivity (Wildman–Crippen MR) is 249 cm³/mol. The molecule has 0 aliphatic carbocycles. The Morgan fingerprint density at radius 1 is 0.361 bits per heavy atom. The van der Waals surface area contributed by atoms with Crippen molar-refractivity contribution in [2.75, 3.05) is 0 Å². The van der Waals surface area contributed by atoms with Crippen molar-refractivity contribution in [3.05, 3.63) is 246 Å². The van der Waals surface area contributed by atoms with Crippen LogP contribution < -0.4 is 5.43 Å². The first-order valence-electron chi connectivity index (χ1n) is 20.6. The highest BCUT2D eigenvalue weighted by molar-refractivity contribution is 6.05. The minimum Gasteiger partial charge on any atom is -0.274 e. The van der Waals surface area contributed by atoms with Crippen LogP contribution in [-0.2, 0) is 0 Å². The molecule has 0 amide bonds. The summed E-state index contributed by atoms with van der Waals surface area (Å²) in [5.74, 6) is 1.90. The van der Waals surface area contributed by atoms with Crippen LogP contribution in [0.5, 0.6) is 0 Å². The van der Waals surface area contributed by atoms with Crippen LogP contribution >= 0.6 is 0 Å². The van der Waals surface area contributed by atoms with Crippen LogP contribution in [0.1, 0.15) is 33.9 Å². The largest absolute Gasteiger partial charge is 0.274 e.